The highest BCUT2D eigenvalue weighted by atomic mass is 16.3. The Balaban J connectivity index is 1.78. The van der Waals surface area contributed by atoms with Crippen LogP contribution in [0.4, 0.5) is 5.82 Å². The van der Waals surface area contributed by atoms with Crippen molar-refractivity contribution >= 4 is 5.82 Å². The molecule has 96 valence electrons. The number of aliphatic hydroxyl groups excluding tert-OH is 1. The molecule has 17 heavy (non-hydrogen) atoms. The number of rotatable bonds is 4. The number of nitrogens with zero attached hydrogens (tertiary/aromatic N) is 3. The zero-order chi connectivity index (χ0) is 12.3. The van der Waals surface area contributed by atoms with Gasteiger partial charge in [0, 0.05) is 25.8 Å². The largest absolute Gasteiger partial charge is 0.393 e. The lowest BCUT2D eigenvalue weighted by atomic mass is 10.0. The average Bonchev–Trinajstić information content (AvgIpc) is 2.74. The smallest absolute Gasteiger partial charge is 0.145 e. The summed E-state index contributed by atoms with van der Waals surface area (Å²) in [7, 11) is 0. The summed E-state index contributed by atoms with van der Waals surface area (Å²) in [5.74, 6) is 0.599. The van der Waals surface area contributed by atoms with Crippen molar-refractivity contribution in [3.63, 3.8) is 0 Å². The van der Waals surface area contributed by atoms with Crippen molar-refractivity contribution in [3.8, 4) is 0 Å². The maximum Gasteiger partial charge on any atom is 0.145 e. The van der Waals surface area contributed by atoms with Crippen LogP contribution in [0.2, 0.25) is 0 Å². The van der Waals surface area contributed by atoms with Crippen molar-refractivity contribution in [2.75, 3.05) is 25.4 Å². The summed E-state index contributed by atoms with van der Waals surface area (Å²) >= 11 is 0. The predicted molar refractivity (Wildman–Crippen MR) is 67.6 cm³/mol. The molecule has 1 aliphatic rings. The molecule has 1 atom stereocenters. The molecule has 3 N–H and O–H groups in total. The second-order valence-corrected chi connectivity index (χ2v) is 4.93. The zero-order valence-corrected chi connectivity index (χ0v) is 10.4. The third kappa shape index (κ3) is 3.44. The van der Waals surface area contributed by atoms with Crippen LogP contribution in [-0.4, -0.2) is 45.5 Å². The molecule has 0 aromatic carbocycles. The molecule has 1 fully saturated rings. The number of aromatic nitrogens is 2. The van der Waals surface area contributed by atoms with E-state index in [1.807, 2.05) is 23.9 Å². The first-order chi connectivity index (χ1) is 8.15. The number of hydrogen-bond acceptors (Lipinski definition) is 4. The van der Waals surface area contributed by atoms with Crippen LogP contribution in [0.5, 0.6) is 0 Å². The van der Waals surface area contributed by atoms with E-state index >= 15 is 0 Å². The number of nitrogens with two attached hydrogens (primary N) is 1. The van der Waals surface area contributed by atoms with E-state index in [1.54, 1.807) is 0 Å². The fraction of sp³-hybridized carbons (Fsp3) is 0.750. The van der Waals surface area contributed by atoms with Gasteiger partial charge < -0.3 is 15.7 Å². The first kappa shape index (κ1) is 12.4. The van der Waals surface area contributed by atoms with Gasteiger partial charge in [-0.1, -0.05) is 0 Å². The van der Waals surface area contributed by atoms with Gasteiger partial charge in [0.15, 0.2) is 0 Å². The molecule has 0 bridgehead atoms. The Hall–Kier alpha value is -1.07. The highest BCUT2D eigenvalue weighted by Gasteiger charge is 2.20. The summed E-state index contributed by atoms with van der Waals surface area (Å²) in [6, 6.07) is 2.33. The van der Waals surface area contributed by atoms with Crippen LogP contribution in [-0.2, 0) is 0 Å². The molecule has 1 aromatic heterocycles. The van der Waals surface area contributed by atoms with Crippen LogP contribution in [0.1, 0.15) is 32.2 Å². The van der Waals surface area contributed by atoms with Crippen LogP contribution < -0.4 is 5.73 Å². The zero-order valence-electron chi connectivity index (χ0n) is 10.4. The third-order valence-electron chi connectivity index (χ3n) is 3.42. The molecule has 2 heterocycles. The molecule has 1 aliphatic heterocycles. The van der Waals surface area contributed by atoms with Gasteiger partial charge in [-0.05, 0) is 32.3 Å². The van der Waals surface area contributed by atoms with Gasteiger partial charge in [0.05, 0.1) is 12.1 Å². The Kier molecular flexibility index (Phi) is 4.02. The van der Waals surface area contributed by atoms with E-state index in [9.17, 15) is 5.11 Å². The number of hydrogen-bond donors (Lipinski definition) is 2. The third-order valence-corrected chi connectivity index (χ3v) is 3.42. The van der Waals surface area contributed by atoms with Gasteiger partial charge in [-0.25, -0.2) is 0 Å². The maximum absolute atomic E-state index is 9.26. The van der Waals surface area contributed by atoms with E-state index < -0.39 is 0 Å². The minimum atomic E-state index is -0.196. The van der Waals surface area contributed by atoms with Crippen LogP contribution in [0.25, 0.3) is 0 Å². The van der Waals surface area contributed by atoms with E-state index in [-0.39, 0.29) is 6.10 Å². The summed E-state index contributed by atoms with van der Waals surface area (Å²) in [5.41, 5.74) is 5.62. The Labute approximate surface area is 102 Å². The first-order valence-corrected chi connectivity index (χ1v) is 6.36. The monoisotopic (exact) mass is 238 g/mol. The Morgan fingerprint density at radius 3 is 2.76 bits per heavy atom. The van der Waals surface area contributed by atoms with Crippen molar-refractivity contribution < 1.29 is 5.11 Å². The number of piperidine rings is 1. The summed E-state index contributed by atoms with van der Waals surface area (Å²) in [6.45, 7) is 5.00. The molecular weight excluding hydrogens is 216 g/mol. The molecule has 5 heteroatoms. The average molecular weight is 238 g/mol. The second kappa shape index (κ2) is 5.51. The standard InChI is InChI=1S/C12H22N4O/c1-10(17)2-6-15-7-3-11(4-8-15)16-9-5-12(13)14-16/h5,9-11,17H,2-4,6-8H2,1H3,(H2,13,14). The number of likely N-dealkylation sites (tertiary alicyclic amines) is 1. The lowest BCUT2D eigenvalue weighted by Crippen LogP contribution is -2.36. The molecule has 0 radical (unpaired) electrons. The van der Waals surface area contributed by atoms with Crippen molar-refractivity contribution in [3.05, 3.63) is 12.3 Å². The summed E-state index contributed by atoms with van der Waals surface area (Å²) in [6.07, 6.45) is 4.85. The second-order valence-electron chi connectivity index (χ2n) is 4.93. The number of nitrogen functional groups attached to an aromatic ring is 1. The Bertz CT molecular complexity index is 342. The normalized spacial score (nSPS) is 20.6. The van der Waals surface area contributed by atoms with E-state index in [0.29, 0.717) is 11.9 Å². The summed E-state index contributed by atoms with van der Waals surface area (Å²) in [5, 5.41) is 13.5. The Morgan fingerprint density at radius 2 is 2.24 bits per heavy atom. The lowest BCUT2D eigenvalue weighted by Gasteiger charge is -2.32. The molecule has 0 saturated carbocycles. The van der Waals surface area contributed by atoms with Crippen molar-refractivity contribution in [2.24, 2.45) is 0 Å². The van der Waals surface area contributed by atoms with Gasteiger partial charge in [0.2, 0.25) is 0 Å². The molecule has 1 aromatic rings. The molecular formula is C12H22N4O. The first-order valence-electron chi connectivity index (χ1n) is 6.36. The molecule has 5 nitrogen and oxygen atoms in total. The molecule has 1 saturated heterocycles. The lowest BCUT2D eigenvalue weighted by molar-refractivity contribution is 0.132. The van der Waals surface area contributed by atoms with E-state index in [1.165, 1.54) is 0 Å². The maximum atomic E-state index is 9.26. The van der Waals surface area contributed by atoms with Crippen molar-refractivity contribution in [1.29, 1.82) is 0 Å². The molecule has 0 aliphatic carbocycles. The van der Waals surface area contributed by atoms with Crippen LogP contribution in [0.3, 0.4) is 0 Å². The van der Waals surface area contributed by atoms with Gasteiger partial charge in [-0.15, -0.1) is 0 Å². The summed E-state index contributed by atoms with van der Waals surface area (Å²) < 4.78 is 1.99. The van der Waals surface area contributed by atoms with Gasteiger partial charge in [-0.2, -0.15) is 5.10 Å². The number of anilines is 1. The number of aliphatic hydroxyl groups is 1. The quantitative estimate of drug-likeness (QED) is 0.817. The highest BCUT2D eigenvalue weighted by Crippen LogP contribution is 2.22. The topological polar surface area (TPSA) is 67.3 Å². The van der Waals surface area contributed by atoms with Gasteiger partial charge in [0.25, 0.3) is 0 Å². The highest BCUT2D eigenvalue weighted by molar-refractivity contribution is 5.24. The van der Waals surface area contributed by atoms with Crippen LogP contribution >= 0.6 is 0 Å². The van der Waals surface area contributed by atoms with Crippen LogP contribution in [0.15, 0.2) is 12.3 Å². The minimum Gasteiger partial charge on any atom is -0.393 e. The van der Waals surface area contributed by atoms with E-state index in [4.69, 9.17) is 5.73 Å². The van der Waals surface area contributed by atoms with E-state index in [0.717, 1.165) is 38.9 Å². The molecule has 2 rings (SSSR count). The minimum absolute atomic E-state index is 0.196. The molecule has 1 unspecified atom stereocenters. The summed E-state index contributed by atoms with van der Waals surface area (Å²) in [4.78, 5) is 2.41. The Morgan fingerprint density at radius 1 is 1.53 bits per heavy atom. The van der Waals surface area contributed by atoms with Gasteiger partial charge in [0.1, 0.15) is 5.82 Å². The van der Waals surface area contributed by atoms with Crippen LogP contribution in [0, 0.1) is 0 Å². The van der Waals surface area contributed by atoms with Gasteiger partial charge >= 0.3 is 0 Å². The van der Waals surface area contributed by atoms with Crippen molar-refractivity contribution in [1.82, 2.24) is 14.7 Å². The fourth-order valence-electron chi connectivity index (χ4n) is 2.33. The molecule has 0 spiro atoms. The predicted octanol–water partition coefficient (Wildman–Crippen LogP) is 0.873. The van der Waals surface area contributed by atoms with E-state index in [2.05, 4.69) is 10.00 Å². The fourth-order valence-corrected chi connectivity index (χ4v) is 2.33. The SMILES string of the molecule is CC(O)CCN1CCC(n2ccc(N)n2)CC1. The van der Waals surface area contributed by atoms with Crippen molar-refractivity contribution in [2.45, 2.75) is 38.3 Å². The van der Waals surface area contributed by atoms with Gasteiger partial charge in [-0.3, -0.25) is 4.68 Å². The molecule has 0 amide bonds.